The van der Waals surface area contributed by atoms with Crippen molar-refractivity contribution in [1.82, 2.24) is 9.97 Å². The van der Waals surface area contributed by atoms with Crippen LogP contribution in [-0.2, 0) is 17.6 Å². The Morgan fingerprint density at radius 1 is 1.41 bits per heavy atom. The molecule has 0 amide bonds. The average Bonchev–Trinajstić information content (AvgIpc) is 2.92. The van der Waals surface area contributed by atoms with Gasteiger partial charge < -0.3 is 10.5 Å². The topological polar surface area (TPSA) is 61.0 Å². The summed E-state index contributed by atoms with van der Waals surface area (Å²) >= 11 is 3.15. The van der Waals surface area contributed by atoms with Gasteiger partial charge in [-0.1, -0.05) is 6.92 Å². The molecule has 0 aliphatic carbocycles. The predicted octanol–water partition coefficient (Wildman–Crippen LogP) is 2.60. The highest BCUT2D eigenvalue weighted by molar-refractivity contribution is 7.16. The molecule has 0 aromatic carbocycles. The first-order valence-electron chi connectivity index (χ1n) is 5.43. The Hall–Kier alpha value is -0.980. The van der Waals surface area contributed by atoms with Crippen molar-refractivity contribution in [3.63, 3.8) is 0 Å². The molecule has 2 aromatic rings. The molecular formula is C11H15N3OS2. The van der Waals surface area contributed by atoms with E-state index in [1.165, 1.54) is 11.3 Å². The van der Waals surface area contributed by atoms with Gasteiger partial charge in [-0.05, 0) is 6.42 Å². The van der Waals surface area contributed by atoms with Crippen molar-refractivity contribution in [2.45, 2.75) is 19.8 Å². The fourth-order valence-electron chi connectivity index (χ4n) is 1.53. The van der Waals surface area contributed by atoms with Crippen LogP contribution in [-0.4, -0.2) is 23.7 Å². The Kier molecular flexibility index (Phi) is 4.09. The van der Waals surface area contributed by atoms with Gasteiger partial charge in [0.15, 0.2) is 5.13 Å². The van der Waals surface area contributed by atoms with Gasteiger partial charge in [0.1, 0.15) is 0 Å². The van der Waals surface area contributed by atoms with E-state index in [1.54, 1.807) is 18.4 Å². The summed E-state index contributed by atoms with van der Waals surface area (Å²) in [6.45, 7) is 2.81. The summed E-state index contributed by atoms with van der Waals surface area (Å²) in [5.74, 6) is 0. The van der Waals surface area contributed by atoms with E-state index in [0.29, 0.717) is 11.7 Å². The van der Waals surface area contributed by atoms with Crippen LogP contribution in [0.4, 0.5) is 5.13 Å². The first-order chi connectivity index (χ1) is 8.24. The first kappa shape index (κ1) is 12.5. The number of rotatable bonds is 5. The molecule has 2 N–H and O–H groups in total. The number of hydrogen-bond donors (Lipinski definition) is 1. The van der Waals surface area contributed by atoms with Crippen molar-refractivity contribution in [2.24, 2.45) is 0 Å². The van der Waals surface area contributed by atoms with Crippen LogP contribution in [0.2, 0.25) is 0 Å². The Labute approximate surface area is 108 Å². The van der Waals surface area contributed by atoms with E-state index in [2.05, 4.69) is 16.9 Å². The third-order valence-electron chi connectivity index (χ3n) is 2.35. The van der Waals surface area contributed by atoms with Crippen molar-refractivity contribution in [3.8, 4) is 10.6 Å². The van der Waals surface area contributed by atoms with E-state index in [9.17, 15) is 0 Å². The molecule has 2 aromatic heterocycles. The van der Waals surface area contributed by atoms with Crippen LogP contribution in [0.1, 0.15) is 17.6 Å². The average molecular weight is 269 g/mol. The molecule has 0 radical (unpaired) electrons. The van der Waals surface area contributed by atoms with Crippen LogP contribution in [0.3, 0.4) is 0 Å². The van der Waals surface area contributed by atoms with E-state index < -0.39 is 0 Å². The molecule has 17 heavy (non-hydrogen) atoms. The molecule has 0 bridgehead atoms. The van der Waals surface area contributed by atoms with Crippen molar-refractivity contribution in [1.29, 1.82) is 0 Å². The van der Waals surface area contributed by atoms with Crippen LogP contribution in [0.25, 0.3) is 10.6 Å². The largest absolute Gasteiger partial charge is 0.384 e. The molecule has 0 saturated carbocycles. The van der Waals surface area contributed by atoms with Gasteiger partial charge in [-0.2, -0.15) is 0 Å². The maximum Gasteiger partial charge on any atom is 0.180 e. The Morgan fingerprint density at radius 2 is 2.24 bits per heavy atom. The van der Waals surface area contributed by atoms with Gasteiger partial charge in [0.25, 0.3) is 0 Å². The molecule has 2 heterocycles. The molecule has 92 valence electrons. The molecule has 0 atom stereocenters. The number of aryl methyl sites for hydroxylation is 1. The molecule has 0 unspecified atom stereocenters. The number of ether oxygens (including phenoxy) is 1. The maximum atomic E-state index is 5.67. The number of methoxy groups -OCH3 is 1. The van der Waals surface area contributed by atoms with Crippen LogP contribution in [0.15, 0.2) is 5.38 Å². The molecule has 2 rings (SSSR count). The lowest BCUT2D eigenvalue weighted by Gasteiger charge is -1.93. The lowest BCUT2D eigenvalue weighted by atomic mass is 10.2. The summed E-state index contributed by atoms with van der Waals surface area (Å²) in [4.78, 5) is 10.1. The van der Waals surface area contributed by atoms with Gasteiger partial charge in [-0.15, -0.1) is 22.7 Å². The fourth-order valence-corrected chi connectivity index (χ4v) is 3.25. The second-order valence-corrected chi connectivity index (χ2v) is 5.52. The Bertz CT molecular complexity index is 493. The highest BCUT2D eigenvalue weighted by atomic mass is 32.1. The van der Waals surface area contributed by atoms with Crippen LogP contribution < -0.4 is 5.73 Å². The van der Waals surface area contributed by atoms with Crippen molar-refractivity contribution in [2.75, 3.05) is 19.5 Å². The van der Waals surface area contributed by atoms with E-state index in [0.717, 1.165) is 34.1 Å². The third kappa shape index (κ3) is 2.83. The zero-order valence-electron chi connectivity index (χ0n) is 9.90. The highest BCUT2D eigenvalue weighted by Gasteiger charge is 2.13. The third-order valence-corrected chi connectivity index (χ3v) is 4.20. The molecule has 0 saturated heterocycles. The summed E-state index contributed by atoms with van der Waals surface area (Å²) < 4.78 is 5.07. The standard InChI is InChI=1S/C11H15N3OS2/c1-3-7-10(8-6-16-11(12)14-8)17-9(13-7)4-5-15-2/h6H,3-5H2,1-2H3,(H2,12,14). The van der Waals surface area contributed by atoms with Gasteiger partial charge in [0.05, 0.1) is 27.9 Å². The second kappa shape index (κ2) is 5.57. The zero-order chi connectivity index (χ0) is 12.3. The van der Waals surface area contributed by atoms with E-state index in [1.807, 2.05) is 5.38 Å². The maximum absolute atomic E-state index is 5.67. The van der Waals surface area contributed by atoms with Gasteiger partial charge >= 0.3 is 0 Å². The first-order valence-corrected chi connectivity index (χ1v) is 7.13. The minimum atomic E-state index is 0.605. The normalized spacial score (nSPS) is 10.9. The summed E-state index contributed by atoms with van der Waals surface area (Å²) in [6, 6.07) is 0. The SMILES string of the molecule is CCc1nc(CCOC)sc1-c1csc(N)n1. The van der Waals surface area contributed by atoms with Crippen molar-refractivity contribution in [3.05, 3.63) is 16.1 Å². The van der Waals surface area contributed by atoms with Gasteiger partial charge in [-0.25, -0.2) is 9.97 Å². The smallest absolute Gasteiger partial charge is 0.180 e. The lowest BCUT2D eigenvalue weighted by Crippen LogP contribution is -1.93. The summed E-state index contributed by atoms with van der Waals surface area (Å²) in [7, 11) is 1.70. The Balaban J connectivity index is 2.29. The molecule has 0 aliphatic rings. The van der Waals surface area contributed by atoms with Gasteiger partial charge in [0.2, 0.25) is 0 Å². The van der Waals surface area contributed by atoms with E-state index in [4.69, 9.17) is 10.5 Å². The molecule has 0 aliphatic heterocycles. The minimum absolute atomic E-state index is 0.605. The minimum Gasteiger partial charge on any atom is -0.384 e. The summed E-state index contributed by atoms with van der Waals surface area (Å²) in [5, 5.41) is 3.70. The van der Waals surface area contributed by atoms with Crippen LogP contribution >= 0.6 is 22.7 Å². The number of nitrogens with zero attached hydrogens (tertiary/aromatic N) is 2. The lowest BCUT2D eigenvalue weighted by molar-refractivity contribution is 0.202. The molecule has 4 nitrogen and oxygen atoms in total. The number of thiazole rings is 2. The van der Waals surface area contributed by atoms with Crippen molar-refractivity contribution < 1.29 is 4.74 Å². The monoisotopic (exact) mass is 269 g/mol. The van der Waals surface area contributed by atoms with Crippen LogP contribution in [0, 0.1) is 0 Å². The molecule has 6 heteroatoms. The van der Waals surface area contributed by atoms with Crippen molar-refractivity contribution >= 4 is 27.8 Å². The van der Waals surface area contributed by atoms with Gasteiger partial charge in [-0.3, -0.25) is 0 Å². The number of aromatic nitrogens is 2. The number of hydrogen-bond acceptors (Lipinski definition) is 6. The highest BCUT2D eigenvalue weighted by Crippen LogP contribution is 2.32. The number of nitrogens with two attached hydrogens (primary N) is 1. The quantitative estimate of drug-likeness (QED) is 0.906. The zero-order valence-corrected chi connectivity index (χ0v) is 11.5. The number of nitrogen functional groups attached to an aromatic ring is 1. The predicted molar refractivity (Wildman–Crippen MR) is 72.6 cm³/mol. The fraction of sp³-hybridized carbons (Fsp3) is 0.455. The second-order valence-electron chi connectivity index (χ2n) is 3.55. The van der Waals surface area contributed by atoms with Crippen LogP contribution in [0.5, 0.6) is 0 Å². The van der Waals surface area contributed by atoms with E-state index >= 15 is 0 Å². The molecule has 0 fully saturated rings. The molecular weight excluding hydrogens is 254 g/mol. The number of anilines is 1. The Morgan fingerprint density at radius 3 is 2.82 bits per heavy atom. The molecule has 0 spiro atoms. The van der Waals surface area contributed by atoms with E-state index in [-0.39, 0.29) is 0 Å². The summed E-state index contributed by atoms with van der Waals surface area (Å²) in [6.07, 6.45) is 1.77. The summed E-state index contributed by atoms with van der Waals surface area (Å²) in [5.41, 5.74) is 7.72. The van der Waals surface area contributed by atoms with Gasteiger partial charge in [0, 0.05) is 18.9 Å².